The van der Waals surface area contributed by atoms with Crippen molar-refractivity contribution in [3.8, 4) is 0 Å². The molecule has 2 unspecified atom stereocenters. The van der Waals surface area contributed by atoms with Gasteiger partial charge in [-0.3, -0.25) is 0 Å². The fraction of sp³-hybridized carbons (Fsp3) is 0.625. The first-order valence-electron chi connectivity index (χ1n) is 7.10. The Morgan fingerprint density at radius 2 is 2.21 bits per heavy atom. The van der Waals surface area contributed by atoms with E-state index in [0.29, 0.717) is 5.92 Å². The van der Waals surface area contributed by atoms with Crippen molar-refractivity contribution in [2.45, 2.75) is 26.4 Å². The van der Waals surface area contributed by atoms with Crippen LogP contribution in [0.25, 0.3) is 0 Å². The van der Waals surface area contributed by atoms with Gasteiger partial charge in [0.2, 0.25) is 0 Å². The molecule has 1 aliphatic heterocycles. The molecule has 1 aromatic carbocycles. The van der Waals surface area contributed by atoms with E-state index in [1.165, 1.54) is 16.7 Å². The standard InChI is InChI=1S/C16H25NO2/c1-12-4-5-15(13(2)10-12)16-14(6-8-19-16)11-17-7-9-18-3/h4-5,10,14,16-17H,6-9,11H2,1-3H3. The Morgan fingerprint density at radius 1 is 1.37 bits per heavy atom. The second-order valence-electron chi connectivity index (χ2n) is 5.40. The Hall–Kier alpha value is -0.900. The third-order valence-corrected chi connectivity index (χ3v) is 3.84. The number of nitrogens with one attached hydrogen (secondary N) is 1. The predicted octanol–water partition coefficient (Wildman–Crippen LogP) is 2.62. The summed E-state index contributed by atoms with van der Waals surface area (Å²) in [5, 5.41) is 3.45. The van der Waals surface area contributed by atoms with Crippen molar-refractivity contribution in [1.82, 2.24) is 5.32 Å². The zero-order chi connectivity index (χ0) is 13.7. The normalized spacial score (nSPS) is 22.9. The Morgan fingerprint density at radius 3 is 2.95 bits per heavy atom. The van der Waals surface area contributed by atoms with Gasteiger partial charge in [-0.2, -0.15) is 0 Å². The zero-order valence-corrected chi connectivity index (χ0v) is 12.2. The second kappa shape index (κ2) is 7.04. The molecule has 1 fully saturated rings. The number of hydrogen-bond donors (Lipinski definition) is 1. The van der Waals surface area contributed by atoms with Gasteiger partial charge in [0, 0.05) is 32.7 Å². The molecule has 1 saturated heterocycles. The number of hydrogen-bond acceptors (Lipinski definition) is 3. The Labute approximate surface area is 116 Å². The summed E-state index contributed by atoms with van der Waals surface area (Å²) in [6, 6.07) is 6.65. The van der Waals surface area contributed by atoms with E-state index in [2.05, 4.69) is 37.4 Å². The minimum Gasteiger partial charge on any atom is -0.383 e. The van der Waals surface area contributed by atoms with Crippen LogP contribution >= 0.6 is 0 Å². The van der Waals surface area contributed by atoms with Gasteiger partial charge in [0.05, 0.1) is 12.7 Å². The van der Waals surface area contributed by atoms with Crippen LogP contribution in [0.3, 0.4) is 0 Å². The maximum Gasteiger partial charge on any atom is 0.0868 e. The molecule has 0 radical (unpaired) electrons. The predicted molar refractivity (Wildman–Crippen MR) is 77.5 cm³/mol. The molecule has 3 heteroatoms. The average molecular weight is 263 g/mol. The highest BCUT2D eigenvalue weighted by atomic mass is 16.5. The van der Waals surface area contributed by atoms with E-state index in [1.54, 1.807) is 7.11 Å². The summed E-state index contributed by atoms with van der Waals surface area (Å²) in [5.74, 6) is 0.568. The lowest BCUT2D eigenvalue weighted by molar-refractivity contribution is 0.0893. The molecule has 19 heavy (non-hydrogen) atoms. The molecule has 1 aromatic rings. The number of aryl methyl sites for hydroxylation is 2. The van der Waals surface area contributed by atoms with Gasteiger partial charge >= 0.3 is 0 Å². The highest BCUT2D eigenvalue weighted by Crippen LogP contribution is 2.35. The fourth-order valence-electron chi connectivity index (χ4n) is 2.79. The highest BCUT2D eigenvalue weighted by Gasteiger charge is 2.30. The monoisotopic (exact) mass is 263 g/mol. The van der Waals surface area contributed by atoms with Gasteiger partial charge in [-0.05, 0) is 31.4 Å². The molecule has 0 aromatic heterocycles. The first-order chi connectivity index (χ1) is 9.22. The van der Waals surface area contributed by atoms with E-state index in [9.17, 15) is 0 Å². The van der Waals surface area contributed by atoms with E-state index in [4.69, 9.17) is 9.47 Å². The van der Waals surface area contributed by atoms with Crippen LogP contribution in [0.2, 0.25) is 0 Å². The number of methoxy groups -OCH3 is 1. The molecular weight excluding hydrogens is 238 g/mol. The van der Waals surface area contributed by atoms with Gasteiger partial charge in [0.25, 0.3) is 0 Å². The Kier molecular flexibility index (Phi) is 5.37. The molecule has 2 rings (SSSR count). The van der Waals surface area contributed by atoms with Gasteiger partial charge in [-0.15, -0.1) is 0 Å². The van der Waals surface area contributed by atoms with Gasteiger partial charge in [-0.25, -0.2) is 0 Å². The van der Waals surface area contributed by atoms with E-state index >= 15 is 0 Å². The van der Waals surface area contributed by atoms with E-state index in [1.807, 2.05) is 0 Å². The molecule has 0 spiro atoms. The van der Waals surface area contributed by atoms with Crippen LogP contribution in [0.4, 0.5) is 0 Å². The number of ether oxygens (including phenoxy) is 2. The molecule has 1 heterocycles. The highest BCUT2D eigenvalue weighted by molar-refractivity contribution is 5.32. The van der Waals surface area contributed by atoms with Crippen molar-refractivity contribution in [1.29, 1.82) is 0 Å². The van der Waals surface area contributed by atoms with Crippen molar-refractivity contribution in [3.63, 3.8) is 0 Å². The fourth-order valence-corrected chi connectivity index (χ4v) is 2.79. The molecule has 0 saturated carbocycles. The van der Waals surface area contributed by atoms with E-state index in [-0.39, 0.29) is 6.10 Å². The third-order valence-electron chi connectivity index (χ3n) is 3.84. The number of benzene rings is 1. The summed E-state index contributed by atoms with van der Waals surface area (Å²) < 4.78 is 11.0. The summed E-state index contributed by atoms with van der Waals surface area (Å²) in [4.78, 5) is 0. The van der Waals surface area contributed by atoms with Crippen molar-refractivity contribution >= 4 is 0 Å². The van der Waals surface area contributed by atoms with E-state index in [0.717, 1.165) is 32.7 Å². The third kappa shape index (κ3) is 3.78. The van der Waals surface area contributed by atoms with Crippen LogP contribution in [0.15, 0.2) is 18.2 Å². The molecule has 106 valence electrons. The molecule has 3 nitrogen and oxygen atoms in total. The first kappa shape index (κ1) is 14.5. The lowest BCUT2D eigenvalue weighted by Gasteiger charge is -2.21. The lowest BCUT2D eigenvalue weighted by Crippen LogP contribution is -2.27. The van der Waals surface area contributed by atoms with Gasteiger partial charge in [0.1, 0.15) is 0 Å². The minimum absolute atomic E-state index is 0.246. The summed E-state index contributed by atoms with van der Waals surface area (Å²) in [5.41, 5.74) is 4.00. The topological polar surface area (TPSA) is 30.5 Å². The second-order valence-corrected chi connectivity index (χ2v) is 5.40. The Balaban J connectivity index is 1.97. The molecule has 2 atom stereocenters. The quantitative estimate of drug-likeness (QED) is 0.800. The summed E-state index contributed by atoms with van der Waals surface area (Å²) in [7, 11) is 1.73. The summed E-state index contributed by atoms with van der Waals surface area (Å²) in [6.07, 6.45) is 1.38. The largest absolute Gasteiger partial charge is 0.383 e. The van der Waals surface area contributed by atoms with Gasteiger partial charge < -0.3 is 14.8 Å². The minimum atomic E-state index is 0.246. The first-order valence-corrected chi connectivity index (χ1v) is 7.10. The van der Waals surface area contributed by atoms with Crippen molar-refractivity contribution in [2.75, 3.05) is 33.4 Å². The SMILES string of the molecule is COCCNCC1CCOC1c1ccc(C)cc1C. The zero-order valence-electron chi connectivity index (χ0n) is 12.2. The molecule has 1 N–H and O–H groups in total. The van der Waals surface area contributed by atoms with Crippen LogP contribution in [0, 0.1) is 19.8 Å². The molecule has 1 aliphatic rings. The smallest absolute Gasteiger partial charge is 0.0868 e. The number of rotatable bonds is 6. The average Bonchev–Trinajstić information content (AvgIpc) is 2.83. The van der Waals surface area contributed by atoms with Gasteiger partial charge in [-0.1, -0.05) is 23.8 Å². The maximum atomic E-state index is 5.96. The Bertz CT molecular complexity index is 406. The van der Waals surface area contributed by atoms with Gasteiger partial charge in [0.15, 0.2) is 0 Å². The summed E-state index contributed by atoms with van der Waals surface area (Å²) >= 11 is 0. The van der Waals surface area contributed by atoms with Crippen LogP contribution < -0.4 is 5.32 Å². The summed E-state index contributed by atoms with van der Waals surface area (Å²) in [6.45, 7) is 7.86. The van der Waals surface area contributed by atoms with Crippen LogP contribution in [-0.2, 0) is 9.47 Å². The van der Waals surface area contributed by atoms with Crippen LogP contribution in [-0.4, -0.2) is 33.4 Å². The molecule has 0 aliphatic carbocycles. The van der Waals surface area contributed by atoms with Crippen molar-refractivity contribution in [3.05, 3.63) is 34.9 Å². The van der Waals surface area contributed by atoms with Crippen LogP contribution in [0.1, 0.15) is 29.2 Å². The molecule has 0 bridgehead atoms. The van der Waals surface area contributed by atoms with E-state index < -0.39 is 0 Å². The molecular formula is C16H25NO2. The van der Waals surface area contributed by atoms with Crippen molar-refractivity contribution < 1.29 is 9.47 Å². The lowest BCUT2D eigenvalue weighted by atomic mass is 9.91. The van der Waals surface area contributed by atoms with Crippen molar-refractivity contribution in [2.24, 2.45) is 5.92 Å². The molecule has 0 amide bonds. The van der Waals surface area contributed by atoms with Crippen LogP contribution in [0.5, 0.6) is 0 Å². The maximum absolute atomic E-state index is 5.96.